The predicted octanol–water partition coefficient (Wildman–Crippen LogP) is 3.54. The highest BCUT2D eigenvalue weighted by Crippen LogP contribution is 2.38. The van der Waals surface area contributed by atoms with Crippen molar-refractivity contribution in [3.63, 3.8) is 0 Å². The fourth-order valence-corrected chi connectivity index (χ4v) is 7.75. The standard InChI is InChI=1S/C24H32N2O5S2/c1-19-8-13-24(21-6-4-3-5-7-21)33(29,30)26(19)18-20-9-11-22(12-10-20)31-23-14-16-25(17-15-23)32(2,27)28/h3-7,9-12,19,23-24H,8,13-18H2,1-2H3/t19-,24?/m1/s1. The second-order valence-electron chi connectivity index (χ2n) is 9.04. The molecule has 7 nitrogen and oxygen atoms in total. The smallest absolute Gasteiger partial charge is 0.221 e. The lowest BCUT2D eigenvalue weighted by Crippen LogP contribution is -2.44. The maximum atomic E-state index is 13.4. The van der Waals surface area contributed by atoms with E-state index in [1.807, 2.05) is 61.5 Å². The highest BCUT2D eigenvalue weighted by molar-refractivity contribution is 7.89. The minimum absolute atomic E-state index is 0.0250. The molecule has 2 saturated heterocycles. The van der Waals surface area contributed by atoms with Gasteiger partial charge in [0, 0.05) is 25.7 Å². The SMILES string of the molecule is C[C@@H]1CCC(c2ccccc2)S(=O)(=O)N1Cc1ccc(OC2CCN(S(C)(=O)=O)CC2)cc1. The summed E-state index contributed by atoms with van der Waals surface area (Å²) in [5.74, 6) is 0.716. The molecule has 2 fully saturated rings. The van der Waals surface area contributed by atoms with Gasteiger partial charge in [0.1, 0.15) is 17.1 Å². The van der Waals surface area contributed by atoms with E-state index < -0.39 is 25.3 Å². The number of benzene rings is 2. The van der Waals surface area contributed by atoms with Crippen molar-refractivity contribution in [2.75, 3.05) is 19.3 Å². The quantitative estimate of drug-likeness (QED) is 0.616. The van der Waals surface area contributed by atoms with Crippen molar-refractivity contribution in [3.05, 3.63) is 65.7 Å². The van der Waals surface area contributed by atoms with Crippen LogP contribution in [0.25, 0.3) is 0 Å². The largest absolute Gasteiger partial charge is 0.490 e. The Morgan fingerprint density at radius 3 is 2.18 bits per heavy atom. The Hall–Kier alpha value is -1.94. The third kappa shape index (κ3) is 5.59. The van der Waals surface area contributed by atoms with Crippen molar-refractivity contribution >= 4 is 20.0 Å². The van der Waals surface area contributed by atoms with Crippen LogP contribution in [0.15, 0.2) is 54.6 Å². The van der Waals surface area contributed by atoms with Crippen molar-refractivity contribution in [2.45, 2.75) is 56.5 Å². The number of rotatable bonds is 6. The lowest BCUT2D eigenvalue weighted by molar-refractivity contribution is 0.135. The summed E-state index contributed by atoms with van der Waals surface area (Å²) in [7, 11) is -6.62. The predicted molar refractivity (Wildman–Crippen MR) is 129 cm³/mol. The zero-order chi connectivity index (χ0) is 23.6. The monoisotopic (exact) mass is 492 g/mol. The summed E-state index contributed by atoms with van der Waals surface area (Å²) in [5, 5.41) is -0.504. The summed E-state index contributed by atoms with van der Waals surface area (Å²) in [6.07, 6.45) is 3.97. The van der Waals surface area contributed by atoms with E-state index in [0.29, 0.717) is 44.6 Å². The van der Waals surface area contributed by atoms with Crippen LogP contribution >= 0.6 is 0 Å². The molecule has 0 saturated carbocycles. The Labute approximate surface area is 197 Å². The molecule has 0 radical (unpaired) electrons. The van der Waals surface area contributed by atoms with Crippen molar-refractivity contribution in [1.82, 2.24) is 8.61 Å². The van der Waals surface area contributed by atoms with Gasteiger partial charge in [-0.2, -0.15) is 4.31 Å². The van der Waals surface area contributed by atoms with Gasteiger partial charge in [0.25, 0.3) is 0 Å². The minimum Gasteiger partial charge on any atom is -0.490 e. The van der Waals surface area contributed by atoms with Gasteiger partial charge >= 0.3 is 0 Å². The number of nitrogens with zero attached hydrogens (tertiary/aromatic N) is 2. The third-order valence-electron chi connectivity index (χ3n) is 6.63. The second kappa shape index (κ2) is 9.74. The van der Waals surface area contributed by atoms with Gasteiger partial charge in [0.15, 0.2) is 0 Å². The van der Waals surface area contributed by atoms with Crippen LogP contribution in [-0.4, -0.2) is 56.9 Å². The van der Waals surface area contributed by atoms with Gasteiger partial charge in [-0.05, 0) is 55.9 Å². The van der Waals surface area contributed by atoms with E-state index in [-0.39, 0.29) is 12.1 Å². The Morgan fingerprint density at radius 2 is 1.58 bits per heavy atom. The van der Waals surface area contributed by atoms with Gasteiger partial charge in [-0.25, -0.2) is 21.1 Å². The molecule has 0 aromatic heterocycles. The Kier molecular flexibility index (Phi) is 7.14. The van der Waals surface area contributed by atoms with Gasteiger partial charge in [-0.15, -0.1) is 0 Å². The topological polar surface area (TPSA) is 84.0 Å². The van der Waals surface area contributed by atoms with E-state index in [1.54, 1.807) is 4.31 Å². The van der Waals surface area contributed by atoms with Gasteiger partial charge in [0.05, 0.1) is 6.26 Å². The molecule has 4 rings (SSSR count). The molecule has 2 aliphatic heterocycles. The number of piperidine rings is 1. The Balaban J connectivity index is 1.40. The van der Waals surface area contributed by atoms with Crippen LogP contribution in [0.1, 0.15) is 49.0 Å². The first-order chi connectivity index (χ1) is 15.6. The third-order valence-corrected chi connectivity index (χ3v) is 10.3. The summed E-state index contributed by atoms with van der Waals surface area (Å²) >= 11 is 0. The molecule has 180 valence electrons. The van der Waals surface area contributed by atoms with Crippen LogP contribution in [0, 0.1) is 0 Å². The summed E-state index contributed by atoms with van der Waals surface area (Å²) in [5.41, 5.74) is 1.76. The highest BCUT2D eigenvalue weighted by atomic mass is 32.2. The van der Waals surface area contributed by atoms with E-state index >= 15 is 0 Å². The number of sulfonamides is 2. The normalized spacial score (nSPS) is 25.0. The zero-order valence-corrected chi connectivity index (χ0v) is 20.8. The first kappa shape index (κ1) is 24.2. The van der Waals surface area contributed by atoms with Gasteiger partial charge < -0.3 is 4.74 Å². The molecule has 2 atom stereocenters. The van der Waals surface area contributed by atoms with Crippen molar-refractivity contribution < 1.29 is 21.6 Å². The highest BCUT2D eigenvalue weighted by Gasteiger charge is 2.40. The van der Waals surface area contributed by atoms with E-state index in [9.17, 15) is 16.8 Å². The number of hydrogen-bond donors (Lipinski definition) is 0. The summed E-state index contributed by atoms with van der Waals surface area (Å²) in [6.45, 7) is 3.24. The summed E-state index contributed by atoms with van der Waals surface area (Å²) in [4.78, 5) is 0. The lowest BCUT2D eigenvalue weighted by Gasteiger charge is -2.37. The van der Waals surface area contributed by atoms with Crippen LogP contribution in [0.5, 0.6) is 5.75 Å². The van der Waals surface area contributed by atoms with E-state index in [2.05, 4.69) is 0 Å². The molecule has 0 amide bonds. The minimum atomic E-state index is -3.47. The van der Waals surface area contributed by atoms with Gasteiger partial charge in [-0.1, -0.05) is 42.5 Å². The van der Waals surface area contributed by atoms with Gasteiger partial charge in [-0.3, -0.25) is 0 Å². The molecule has 2 aromatic rings. The first-order valence-corrected chi connectivity index (χ1v) is 14.8. The maximum absolute atomic E-state index is 13.4. The molecule has 0 N–H and O–H groups in total. The molecular formula is C24H32N2O5S2. The van der Waals surface area contributed by atoms with Crippen LogP contribution < -0.4 is 4.74 Å². The molecule has 0 aliphatic carbocycles. The number of hydrogen-bond acceptors (Lipinski definition) is 5. The van der Waals surface area contributed by atoms with Crippen molar-refractivity contribution in [2.24, 2.45) is 0 Å². The Morgan fingerprint density at radius 1 is 0.939 bits per heavy atom. The van der Waals surface area contributed by atoms with Crippen molar-refractivity contribution in [1.29, 1.82) is 0 Å². The molecule has 2 heterocycles. The van der Waals surface area contributed by atoms with E-state index in [4.69, 9.17) is 4.74 Å². The fraction of sp³-hybridized carbons (Fsp3) is 0.500. The average molecular weight is 493 g/mol. The van der Waals surface area contributed by atoms with Crippen LogP contribution in [0.3, 0.4) is 0 Å². The van der Waals surface area contributed by atoms with Crippen LogP contribution in [0.2, 0.25) is 0 Å². The molecule has 9 heteroatoms. The molecule has 33 heavy (non-hydrogen) atoms. The van der Waals surface area contributed by atoms with Crippen LogP contribution in [0.4, 0.5) is 0 Å². The van der Waals surface area contributed by atoms with E-state index in [0.717, 1.165) is 17.5 Å². The van der Waals surface area contributed by atoms with Gasteiger partial charge in [0.2, 0.25) is 20.0 Å². The molecular weight excluding hydrogens is 460 g/mol. The van der Waals surface area contributed by atoms with Crippen molar-refractivity contribution in [3.8, 4) is 5.75 Å². The second-order valence-corrected chi connectivity index (χ2v) is 13.1. The van der Waals surface area contributed by atoms with E-state index in [1.165, 1.54) is 10.6 Å². The molecule has 0 spiro atoms. The van der Waals surface area contributed by atoms with Crippen LogP contribution in [-0.2, 0) is 26.6 Å². The first-order valence-electron chi connectivity index (χ1n) is 11.4. The molecule has 2 aromatic carbocycles. The fourth-order valence-electron chi connectivity index (χ4n) is 4.68. The summed E-state index contributed by atoms with van der Waals surface area (Å²) < 4.78 is 59.3. The number of ether oxygens (including phenoxy) is 1. The zero-order valence-electron chi connectivity index (χ0n) is 19.1. The molecule has 1 unspecified atom stereocenters. The molecule has 0 bridgehead atoms. The Bertz CT molecular complexity index is 1140. The molecule has 2 aliphatic rings. The maximum Gasteiger partial charge on any atom is 0.221 e. The lowest BCUT2D eigenvalue weighted by atomic mass is 10.0. The average Bonchev–Trinajstić information content (AvgIpc) is 2.78. The summed E-state index contributed by atoms with van der Waals surface area (Å²) in [6, 6.07) is 17.0.